The number of hydrogen-bond donors (Lipinski definition) is 0. The lowest BCUT2D eigenvalue weighted by Gasteiger charge is -1.98. The third-order valence-corrected chi connectivity index (χ3v) is 1.65. The number of nitrogens with zero attached hydrogens (tertiary/aromatic N) is 1. The predicted octanol–water partition coefficient (Wildman–Crippen LogP) is 2.10. The van der Waals surface area contributed by atoms with Crippen LogP contribution >= 0.6 is 15.9 Å². The molecule has 0 aliphatic rings. The average Bonchev–Trinajstić information content (AvgIpc) is 1.96. The molecule has 0 saturated carbocycles. The molecular formula is C7H5BrFNO. The Morgan fingerprint density at radius 1 is 1.73 bits per heavy atom. The molecule has 0 N–H and O–H groups in total. The van der Waals surface area contributed by atoms with Crippen molar-refractivity contribution >= 4 is 22.2 Å². The van der Waals surface area contributed by atoms with E-state index in [4.69, 9.17) is 0 Å². The van der Waals surface area contributed by atoms with Crippen LogP contribution in [-0.2, 0) is 0 Å². The van der Waals surface area contributed by atoms with Gasteiger partial charge in [0.25, 0.3) is 0 Å². The fraction of sp³-hybridized carbons (Fsp3) is 0.143. The lowest BCUT2D eigenvalue weighted by Crippen LogP contribution is -1.95. The number of aldehydes is 1. The van der Waals surface area contributed by atoms with Gasteiger partial charge in [0.15, 0.2) is 12.1 Å². The highest BCUT2D eigenvalue weighted by atomic mass is 79.9. The molecule has 1 aromatic heterocycles. The van der Waals surface area contributed by atoms with Crippen LogP contribution in [0.5, 0.6) is 0 Å². The summed E-state index contributed by atoms with van der Waals surface area (Å²) in [5.74, 6) is -0.553. The number of halogens is 2. The minimum Gasteiger partial charge on any atom is -0.298 e. The molecular weight excluding hydrogens is 213 g/mol. The second-order valence-corrected chi connectivity index (χ2v) is 2.86. The van der Waals surface area contributed by atoms with Crippen LogP contribution in [0.4, 0.5) is 4.39 Å². The van der Waals surface area contributed by atoms with Gasteiger partial charge >= 0.3 is 0 Å². The van der Waals surface area contributed by atoms with Crippen LogP contribution in [0.1, 0.15) is 16.1 Å². The van der Waals surface area contributed by atoms with E-state index in [1.54, 1.807) is 0 Å². The molecule has 0 amide bonds. The van der Waals surface area contributed by atoms with Crippen molar-refractivity contribution in [2.45, 2.75) is 6.92 Å². The maximum Gasteiger partial charge on any atom is 0.154 e. The maximum absolute atomic E-state index is 12.9. The van der Waals surface area contributed by atoms with E-state index in [9.17, 15) is 9.18 Å². The van der Waals surface area contributed by atoms with E-state index in [-0.39, 0.29) is 11.3 Å². The molecule has 0 atom stereocenters. The zero-order chi connectivity index (χ0) is 8.43. The smallest absolute Gasteiger partial charge is 0.154 e. The molecule has 58 valence electrons. The topological polar surface area (TPSA) is 30.0 Å². The van der Waals surface area contributed by atoms with E-state index in [0.717, 1.165) is 0 Å². The Hall–Kier alpha value is -0.770. The van der Waals surface area contributed by atoms with Crippen LogP contribution in [0.3, 0.4) is 0 Å². The summed E-state index contributed by atoms with van der Waals surface area (Å²) >= 11 is 3.05. The zero-order valence-corrected chi connectivity index (χ0v) is 7.35. The summed E-state index contributed by atoms with van der Waals surface area (Å²) in [4.78, 5) is 14.0. The van der Waals surface area contributed by atoms with Crippen molar-refractivity contribution in [2.75, 3.05) is 0 Å². The molecule has 1 aromatic rings. The van der Waals surface area contributed by atoms with Gasteiger partial charge in [-0.3, -0.25) is 4.79 Å². The Morgan fingerprint density at radius 2 is 2.36 bits per heavy atom. The van der Waals surface area contributed by atoms with Gasteiger partial charge in [0.1, 0.15) is 4.60 Å². The van der Waals surface area contributed by atoms with E-state index in [1.807, 2.05) is 0 Å². The first-order valence-corrected chi connectivity index (χ1v) is 3.72. The van der Waals surface area contributed by atoms with E-state index in [1.165, 1.54) is 13.0 Å². The summed E-state index contributed by atoms with van der Waals surface area (Å²) in [6.45, 7) is 1.51. The number of hydrogen-bond acceptors (Lipinski definition) is 2. The standard InChI is InChI=1S/C7H5BrFNO/c1-4-7(9)5(3-11)2-6(8)10-4/h2-3H,1H3. The highest BCUT2D eigenvalue weighted by molar-refractivity contribution is 9.10. The van der Waals surface area contributed by atoms with Gasteiger partial charge in [-0.15, -0.1) is 0 Å². The second-order valence-electron chi connectivity index (χ2n) is 2.05. The molecule has 0 aliphatic carbocycles. The monoisotopic (exact) mass is 217 g/mol. The SMILES string of the molecule is Cc1nc(Br)cc(C=O)c1F. The average molecular weight is 218 g/mol. The summed E-state index contributed by atoms with van der Waals surface area (Å²) in [6.07, 6.45) is 0.467. The van der Waals surface area contributed by atoms with Crippen molar-refractivity contribution in [1.29, 1.82) is 0 Å². The molecule has 0 aliphatic heterocycles. The predicted molar refractivity (Wildman–Crippen MR) is 42.0 cm³/mol. The van der Waals surface area contributed by atoms with Crippen LogP contribution in [0.15, 0.2) is 10.7 Å². The quantitative estimate of drug-likeness (QED) is 0.533. The van der Waals surface area contributed by atoms with Crippen LogP contribution in [0, 0.1) is 12.7 Å². The third-order valence-electron chi connectivity index (χ3n) is 1.25. The molecule has 0 aromatic carbocycles. The third kappa shape index (κ3) is 1.63. The summed E-state index contributed by atoms with van der Waals surface area (Å²) in [6, 6.07) is 1.34. The van der Waals surface area contributed by atoms with Gasteiger partial charge in [0.05, 0.1) is 11.3 Å². The van der Waals surface area contributed by atoms with Crippen LogP contribution in [-0.4, -0.2) is 11.3 Å². The largest absolute Gasteiger partial charge is 0.298 e. The Bertz CT molecular complexity index is 301. The van der Waals surface area contributed by atoms with Crippen LogP contribution in [0.25, 0.3) is 0 Å². The summed E-state index contributed by atoms with van der Waals surface area (Å²) < 4.78 is 13.3. The number of aryl methyl sites for hydroxylation is 1. The molecule has 0 saturated heterocycles. The lowest BCUT2D eigenvalue weighted by atomic mass is 10.2. The van der Waals surface area contributed by atoms with E-state index >= 15 is 0 Å². The summed E-state index contributed by atoms with van der Waals surface area (Å²) in [5, 5.41) is 0. The Balaban J connectivity index is 3.35. The van der Waals surface area contributed by atoms with Crippen LogP contribution in [0.2, 0.25) is 0 Å². The highest BCUT2D eigenvalue weighted by Gasteiger charge is 2.06. The van der Waals surface area contributed by atoms with Crippen LogP contribution < -0.4 is 0 Å². The van der Waals surface area contributed by atoms with Gasteiger partial charge in [0.2, 0.25) is 0 Å². The van der Waals surface area contributed by atoms with Gasteiger partial charge < -0.3 is 0 Å². The zero-order valence-electron chi connectivity index (χ0n) is 5.77. The molecule has 1 heterocycles. The molecule has 0 unspecified atom stereocenters. The number of aromatic nitrogens is 1. The van der Waals surface area contributed by atoms with Gasteiger partial charge in [-0.25, -0.2) is 9.37 Å². The summed E-state index contributed by atoms with van der Waals surface area (Å²) in [7, 11) is 0. The van der Waals surface area contributed by atoms with Crippen molar-refractivity contribution < 1.29 is 9.18 Å². The number of rotatable bonds is 1. The molecule has 1 rings (SSSR count). The number of pyridine rings is 1. The van der Waals surface area contributed by atoms with E-state index in [0.29, 0.717) is 10.9 Å². The second kappa shape index (κ2) is 3.09. The Kier molecular flexibility index (Phi) is 2.34. The molecule has 0 spiro atoms. The minimum atomic E-state index is -0.553. The first-order chi connectivity index (χ1) is 5.15. The maximum atomic E-state index is 12.9. The van der Waals surface area contributed by atoms with Crippen molar-refractivity contribution in [3.8, 4) is 0 Å². The van der Waals surface area contributed by atoms with E-state index in [2.05, 4.69) is 20.9 Å². The van der Waals surface area contributed by atoms with Crippen molar-refractivity contribution in [1.82, 2.24) is 4.98 Å². The molecule has 0 radical (unpaired) electrons. The molecule has 11 heavy (non-hydrogen) atoms. The Morgan fingerprint density at radius 3 is 2.91 bits per heavy atom. The minimum absolute atomic E-state index is 0.0318. The van der Waals surface area contributed by atoms with Crippen molar-refractivity contribution in [2.24, 2.45) is 0 Å². The van der Waals surface area contributed by atoms with Crippen molar-refractivity contribution in [3.63, 3.8) is 0 Å². The van der Waals surface area contributed by atoms with Crippen molar-refractivity contribution in [3.05, 3.63) is 27.7 Å². The fourth-order valence-electron chi connectivity index (χ4n) is 0.728. The first kappa shape index (κ1) is 8.33. The number of carbonyl (C=O) groups is 1. The van der Waals surface area contributed by atoms with Gasteiger partial charge in [-0.2, -0.15) is 0 Å². The van der Waals surface area contributed by atoms with E-state index < -0.39 is 5.82 Å². The number of carbonyl (C=O) groups excluding carboxylic acids is 1. The van der Waals surface area contributed by atoms with Gasteiger partial charge in [-0.05, 0) is 28.9 Å². The highest BCUT2D eigenvalue weighted by Crippen LogP contribution is 2.13. The molecule has 2 nitrogen and oxygen atoms in total. The normalized spacial score (nSPS) is 9.73. The molecule has 0 fully saturated rings. The molecule has 0 bridgehead atoms. The van der Waals surface area contributed by atoms with Gasteiger partial charge in [-0.1, -0.05) is 0 Å². The molecule has 4 heteroatoms. The fourth-order valence-corrected chi connectivity index (χ4v) is 1.24. The van der Waals surface area contributed by atoms with Gasteiger partial charge in [0, 0.05) is 0 Å². The Labute approximate surface area is 71.6 Å². The lowest BCUT2D eigenvalue weighted by molar-refractivity contribution is 0.111. The first-order valence-electron chi connectivity index (χ1n) is 2.93. The summed E-state index contributed by atoms with van der Waals surface area (Å²) in [5.41, 5.74) is 0.255.